The van der Waals surface area contributed by atoms with Gasteiger partial charge in [0, 0.05) is 38.4 Å². The molecule has 4 heterocycles. The third-order valence-electron chi connectivity index (χ3n) is 6.20. The van der Waals surface area contributed by atoms with E-state index in [9.17, 15) is 19.5 Å². The molecule has 32 heavy (non-hydrogen) atoms. The Labute approximate surface area is 184 Å². The van der Waals surface area contributed by atoms with Gasteiger partial charge in [-0.2, -0.15) is 0 Å². The molecule has 1 aromatic rings. The van der Waals surface area contributed by atoms with Gasteiger partial charge < -0.3 is 28.5 Å². The van der Waals surface area contributed by atoms with E-state index in [0.29, 0.717) is 17.1 Å². The molecule has 0 radical (unpaired) electrons. The highest BCUT2D eigenvalue weighted by molar-refractivity contribution is 5.93. The van der Waals surface area contributed by atoms with Gasteiger partial charge >= 0.3 is 17.9 Å². The quantitative estimate of drug-likeness (QED) is 0.414. The number of hydrogen-bond donors (Lipinski definition) is 1. The maximum Gasteiger partial charge on any atom is 0.338 e. The van der Waals surface area contributed by atoms with Crippen LogP contribution in [-0.2, 0) is 33.3 Å². The van der Waals surface area contributed by atoms with E-state index in [1.807, 2.05) is 0 Å². The molecule has 0 unspecified atom stereocenters. The van der Waals surface area contributed by atoms with E-state index < -0.39 is 53.8 Å². The summed E-state index contributed by atoms with van der Waals surface area (Å²) in [6, 6.07) is 1.72. The summed E-state index contributed by atoms with van der Waals surface area (Å²) in [6.07, 6.45) is -1.82. The van der Waals surface area contributed by atoms with Crippen LogP contribution in [0, 0.1) is 12.8 Å². The predicted octanol–water partition coefficient (Wildman–Crippen LogP) is 2.37. The fourth-order valence-corrected chi connectivity index (χ4v) is 4.75. The molecule has 6 atom stereocenters. The average molecular weight is 446 g/mol. The number of methoxy groups -OCH3 is 1. The van der Waals surface area contributed by atoms with E-state index in [1.54, 1.807) is 26.0 Å². The van der Waals surface area contributed by atoms with Crippen molar-refractivity contribution < 1.29 is 42.9 Å². The van der Waals surface area contributed by atoms with Crippen molar-refractivity contribution in [2.75, 3.05) is 7.11 Å². The molecule has 0 aliphatic carbocycles. The molecule has 172 valence electrons. The summed E-state index contributed by atoms with van der Waals surface area (Å²) in [5, 5.41) is 11.2. The summed E-state index contributed by atoms with van der Waals surface area (Å²) in [5.41, 5.74) is -0.437. The van der Waals surface area contributed by atoms with Crippen LogP contribution in [-0.4, -0.2) is 47.9 Å². The lowest BCUT2D eigenvalue weighted by Gasteiger charge is -2.32. The van der Waals surface area contributed by atoms with Crippen molar-refractivity contribution in [1.29, 1.82) is 0 Å². The number of aryl methyl sites for hydroxylation is 1. The van der Waals surface area contributed by atoms with Crippen LogP contribution < -0.4 is 0 Å². The second-order valence-electron chi connectivity index (χ2n) is 8.73. The Balaban J connectivity index is 1.87. The zero-order valence-electron chi connectivity index (χ0n) is 18.4. The SMILES string of the molecule is C=C1C(=O)O[C@@H]2c3oc(cc3C)[C@@H](OC)[C@](C)(O)C[C@H]3C=C(C(=O)O3)[C@H](OC(C)=O)C[C@@H]12. The van der Waals surface area contributed by atoms with E-state index in [-0.39, 0.29) is 24.0 Å². The maximum atomic E-state index is 12.6. The maximum absolute atomic E-state index is 12.6. The fourth-order valence-electron chi connectivity index (χ4n) is 4.75. The lowest BCUT2D eigenvalue weighted by molar-refractivity contribution is -0.151. The first-order chi connectivity index (χ1) is 15.0. The van der Waals surface area contributed by atoms with Crippen LogP contribution in [0.2, 0.25) is 0 Å². The van der Waals surface area contributed by atoms with Crippen LogP contribution in [0.4, 0.5) is 0 Å². The van der Waals surface area contributed by atoms with E-state index in [2.05, 4.69) is 6.58 Å². The van der Waals surface area contributed by atoms with Gasteiger partial charge in [-0.05, 0) is 31.6 Å². The van der Waals surface area contributed by atoms with Crippen molar-refractivity contribution >= 4 is 17.9 Å². The normalized spacial score (nSPS) is 34.5. The van der Waals surface area contributed by atoms with Crippen molar-refractivity contribution in [1.82, 2.24) is 0 Å². The summed E-state index contributed by atoms with van der Waals surface area (Å²) in [6.45, 7) is 8.44. The number of rotatable bonds is 2. The van der Waals surface area contributed by atoms with Gasteiger partial charge in [-0.25, -0.2) is 9.59 Å². The van der Waals surface area contributed by atoms with Crippen molar-refractivity contribution in [3.63, 3.8) is 0 Å². The monoisotopic (exact) mass is 446 g/mol. The number of aliphatic hydroxyl groups is 1. The Morgan fingerprint density at radius 1 is 1.28 bits per heavy atom. The molecule has 9 nitrogen and oxygen atoms in total. The molecule has 1 N–H and O–H groups in total. The van der Waals surface area contributed by atoms with Gasteiger partial charge in [0.1, 0.15) is 29.8 Å². The summed E-state index contributed by atoms with van der Waals surface area (Å²) < 4.78 is 28.1. The second kappa shape index (κ2) is 7.90. The number of fused-ring (bicyclic) bond motifs is 5. The van der Waals surface area contributed by atoms with Gasteiger partial charge in [-0.1, -0.05) is 6.58 Å². The first-order valence-electron chi connectivity index (χ1n) is 10.4. The molecule has 1 aromatic heterocycles. The number of carbonyl (C=O) groups excluding carboxylic acids is 3. The van der Waals surface area contributed by atoms with Crippen LogP contribution in [0.25, 0.3) is 0 Å². The summed E-state index contributed by atoms with van der Waals surface area (Å²) in [5.74, 6) is -1.71. The number of furan rings is 1. The first kappa shape index (κ1) is 22.3. The second-order valence-corrected chi connectivity index (χ2v) is 8.73. The van der Waals surface area contributed by atoms with Crippen LogP contribution in [0.3, 0.4) is 0 Å². The minimum Gasteiger partial charge on any atom is -0.459 e. The fraction of sp³-hybridized carbons (Fsp3) is 0.522. The van der Waals surface area contributed by atoms with Crippen LogP contribution in [0.1, 0.15) is 56.0 Å². The Hall–Kier alpha value is -2.91. The highest BCUT2D eigenvalue weighted by Gasteiger charge is 2.48. The smallest absolute Gasteiger partial charge is 0.338 e. The van der Waals surface area contributed by atoms with Crippen molar-refractivity contribution in [2.45, 2.75) is 63.6 Å². The minimum atomic E-state index is -1.48. The number of ether oxygens (including phenoxy) is 4. The number of esters is 3. The molecule has 0 spiro atoms. The third-order valence-corrected chi connectivity index (χ3v) is 6.20. The van der Waals surface area contributed by atoms with Crippen molar-refractivity contribution in [2.24, 2.45) is 5.92 Å². The largest absolute Gasteiger partial charge is 0.459 e. The highest BCUT2D eigenvalue weighted by atomic mass is 16.6. The van der Waals surface area contributed by atoms with Crippen molar-refractivity contribution in [3.8, 4) is 0 Å². The van der Waals surface area contributed by atoms with E-state index >= 15 is 0 Å². The standard InChI is InChI=1S/C23H26O9/c1-10-6-17-20(28-5)23(4,27)9-13-7-15(22(26)30-13)16(29-12(3)24)8-14-11(2)21(25)32-19(14)18(10)31-17/h6-7,13-14,16,19-20,27H,2,8-9H2,1,3-5H3/t13-,14+,16-,19+,20-,23-/m1/s1. The topological polar surface area (TPSA) is 122 Å². The van der Waals surface area contributed by atoms with Gasteiger partial charge in [0.2, 0.25) is 0 Å². The summed E-state index contributed by atoms with van der Waals surface area (Å²) in [7, 11) is 1.44. The summed E-state index contributed by atoms with van der Waals surface area (Å²) >= 11 is 0. The molecule has 3 aliphatic rings. The third kappa shape index (κ3) is 3.75. The minimum absolute atomic E-state index is 0.0250. The van der Waals surface area contributed by atoms with Crippen LogP contribution >= 0.6 is 0 Å². The Kier molecular flexibility index (Phi) is 5.50. The molecular formula is C23H26O9. The van der Waals surface area contributed by atoms with Gasteiger partial charge in [-0.3, -0.25) is 4.79 Å². The van der Waals surface area contributed by atoms with E-state index in [4.69, 9.17) is 23.4 Å². The molecule has 0 aromatic carbocycles. The zero-order chi connectivity index (χ0) is 23.4. The predicted molar refractivity (Wildman–Crippen MR) is 108 cm³/mol. The van der Waals surface area contributed by atoms with Gasteiger partial charge in [0.05, 0.1) is 11.2 Å². The summed E-state index contributed by atoms with van der Waals surface area (Å²) in [4.78, 5) is 36.8. The molecule has 9 heteroatoms. The highest BCUT2D eigenvalue weighted by Crippen LogP contribution is 2.46. The number of hydrogen-bond acceptors (Lipinski definition) is 9. The average Bonchev–Trinajstić information content (AvgIpc) is 3.31. The molecule has 1 fully saturated rings. The van der Waals surface area contributed by atoms with E-state index in [0.717, 1.165) is 0 Å². The molecule has 1 saturated heterocycles. The van der Waals surface area contributed by atoms with Gasteiger partial charge in [0.15, 0.2) is 6.10 Å². The Bertz CT molecular complexity index is 1010. The lowest BCUT2D eigenvalue weighted by atomic mass is 9.86. The van der Waals surface area contributed by atoms with Gasteiger partial charge in [-0.15, -0.1) is 0 Å². The van der Waals surface area contributed by atoms with Gasteiger partial charge in [0.25, 0.3) is 0 Å². The Morgan fingerprint density at radius 3 is 2.66 bits per heavy atom. The van der Waals surface area contributed by atoms with E-state index in [1.165, 1.54) is 14.0 Å². The molecule has 0 amide bonds. The first-order valence-corrected chi connectivity index (χ1v) is 10.4. The molecule has 4 bridgehead atoms. The molecule has 4 rings (SSSR count). The Morgan fingerprint density at radius 2 is 2.00 bits per heavy atom. The number of carbonyl (C=O) groups is 3. The molecular weight excluding hydrogens is 420 g/mol. The van der Waals surface area contributed by atoms with Crippen LogP contribution in [0.5, 0.6) is 0 Å². The lowest BCUT2D eigenvalue weighted by Crippen LogP contribution is -2.37. The molecule has 0 saturated carbocycles. The molecule has 3 aliphatic heterocycles. The zero-order valence-corrected chi connectivity index (χ0v) is 18.4. The van der Waals surface area contributed by atoms with Crippen molar-refractivity contribution in [3.05, 3.63) is 47.0 Å². The van der Waals surface area contributed by atoms with Crippen LogP contribution in [0.15, 0.2) is 34.3 Å².